The first kappa shape index (κ1) is 8.94. The fourth-order valence-electron chi connectivity index (χ4n) is 0.348. The van der Waals surface area contributed by atoms with Gasteiger partial charge in [0, 0.05) is 5.54 Å². The molecule has 0 radical (unpaired) electrons. The zero-order chi connectivity index (χ0) is 8.20. The van der Waals surface area contributed by atoms with Crippen LogP contribution in [0.5, 0.6) is 0 Å². The van der Waals surface area contributed by atoms with Gasteiger partial charge in [-0.2, -0.15) is 0 Å². The average Bonchev–Trinajstić information content (AvgIpc) is 1.59. The molecule has 4 heteroatoms. The number of hydrogen-bond acceptors (Lipinski definition) is 3. The van der Waals surface area contributed by atoms with Gasteiger partial charge >= 0.3 is 0 Å². The van der Waals surface area contributed by atoms with E-state index in [4.69, 9.17) is 0 Å². The Morgan fingerprint density at radius 1 is 1.50 bits per heavy atom. The van der Waals surface area contributed by atoms with Crippen molar-refractivity contribution in [3.05, 3.63) is 22.5 Å². The summed E-state index contributed by atoms with van der Waals surface area (Å²) in [5.41, 5.74) is -0.105. The Balaban J connectivity index is 3.64. The van der Waals surface area contributed by atoms with Gasteiger partial charge in [0.25, 0.3) is 0 Å². The summed E-state index contributed by atoms with van der Waals surface area (Å²) in [6, 6.07) is 0. The molecule has 4 nitrogen and oxygen atoms in total. The summed E-state index contributed by atoms with van der Waals surface area (Å²) < 4.78 is 0. The molecule has 58 valence electrons. The van der Waals surface area contributed by atoms with Crippen molar-refractivity contribution >= 4 is 0 Å². The van der Waals surface area contributed by atoms with Gasteiger partial charge in [-0.05, 0) is 20.8 Å². The van der Waals surface area contributed by atoms with Gasteiger partial charge in [-0.1, -0.05) is 0 Å². The SMILES string of the molecule is CC(C)(C)N/C=C\[N+](=O)[O-]. The Kier molecular flexibility index (Phi) is 2.86. The summed E-state index contributed by atoms with van der Waals surface area (Å²) in [6.07, 6.45) is 2.21. The summed E-state index contributed by atoms with van der Waals surface area (Å²) in [7, 11) is 0. The lowest BCUT2D eigenvalue weighted by Crippen LogP contribution is -2.31. The minimum Gasteiger partial charge on any atom is -0.381 e. The normalized spacial score (nSPS) is 11.9. The minimum absolute atomic E-state index is 0.105. The monoisotopic (exact) mass is 144 g/mol. The molecule has 1 N–H and O–H groups in total. The Morgan fingerprint density at radius 3 is 2.30 bits per heavy atom. The lowest BCUT2D eigenvalue weighted by Gasteiger charge is -2.17. The second-order valence-corrected chi connectivity index (χ2v) is 3.00. The lowest BCUT2D eigenvalue weighted by molar-refractivity contribution is -0.402. The lowest BCUT2D eigenvalue weighted by atomic mass is 10.1. The van der Waals surface area contributed by atoms with E-state index < -0.39 is 4.92 Å². The Hall–Kier alpha value is -1.06. The summed E-state index contributed by atoms with van der Waals surface area (Å²) in [5, 5.41) is 12.6. The van der Waals surface area contributed by atoms with Gasteiger partial charge in [0.05, 0.1) is 11.1 Å². The molecule has 0 aliphatic heterocycles. The number of nitro groups is 1. The van der Waals surface area contributed by atoms with E-state index >= 15 is 0 Å². The van der Waals surface area contributed by atoms with Gasteiger partial charge in [0.15, 0.2) is 0 Å². The Bertz CT molecular complexity index is 146. The number of nitrogens with one attached hydrogen (secondary N) is 1. The highest BCUT2D eigenvalue weighted by molar-refractivity contribution is 4.80. The highest BCUT2D eigenvalue weighted by atomic mass is 16.6. The van der Waals surface area contributed by atoms with Crippen LogP contribution in [0.2, 0.25) is 0 Å². The van der Waals surface area contributed by atoms with Crippen LogP contribution in [-0.2, 0) is 0 Å². The molecule has 0 aromatic heterocycles. The van der Waals surface area contributed by atoms with Crippen LogP contribution < -0.4 is 5.32 Å². The summed E-state index contributed by atoms with van der Waals surface area (Å²) in [6.45, 7) is 5.78. The highest BCUT2D eigenvalue weighted by Gasteiger charge is 2.04. The molecule has 0 saturated heterocycles. The van der Waals surface area contributed by atoms with E-state index in [1.165, 1.54) is 6.20 Å². The zero-order valence-electron chi connectivity index (χ0n) is 6.42. The van der Waals surface area contributed by atoms with Crippen molar-refractivity contribution in [1.82, 2.24) is 5.32 Å². The average molecular weight is 144 g/mol. The molecule has 0 bridgehead atoms. The predicted octanol–water partition coefficient (Wildman–Crippen LogP) is 1.12. The number of hydrogen-bond donors (Lipinski definition) is 1. The van der Waals surface area contributed by atoms with Gasteiger partial charge in [-0.15, -0.1) is 0 Å². The second-order valence-electron chi connectivity index (χ2n) is 3.00. The molecule has 0 saturated carbocycles. The fraction of sp³-hybridized carbons (Fsp3) is 0.667. The van der Waals surface area contributed by atoms with Gasteiger partial charge in [-0.3, -0.25) is 10.1 Å². The zero-order valence-corrected chi connectivity index (χ0v) is 6.42. The molecule has 10 heavy (non-hydrogen) atoms. The first-order valence-electron chi connectivity index (χ1n) is 3.00. The van der Waals surface area contributed by atoms with E-state index in [9.17, 15) is 10.1 Å². The molecule has 0 amide bonds. The van der Waals surface area contributed by atoms with Crippen molar-refractivity contribution < 1.29 is 4.92 Å². The van der Waals surface area contributed by atoms with E-state index in [2.05, 4.69) is 5.32 Å². The second kappa shape index (κ2) is 3.20. The minimum atomic E-state index is -0.501. The summed E-state index contributed by atoms with van der Waals surface area (Å²) in [4.78, 5) is 9.26. The first-order chi connectivity index (χ1) is 4.42. The molecule has 0 rings (SSSR count). The molecule has 0 aromatic carbocycles. The van der Waals surface area contributed by atoms with Crippen molar-refractivity contribution in [2.75, 3.05) is 0 Å². The fourth-order valence-corrected chi connectivity index (χ4v) is 0.348. The van der Waals surface area contributed by atoms with Crippen molar-refractivity contribution in [2.24, 2.45) is 0 Å². The standard InChI is InChI=1S/C6H12N2O2/c1-6(2,3)7-4-5-8(9)10/h4-5,7H,1-3H3/b5-4-. The van der Waals surface area contributed by atoms with Crippen LogP contribution in [0.15, 0.2) is 12.4 Å². The van der Waals surface area contributed by atoms with Crippen molar-refractivity contribution in [2.45, 2.75) is 26.3 Å². The van der Waals surface area contributed by atoms with Crippen LogP contribution in [0.25, 0.3) is 0 Å². The number of rotatable bonds is 2. The topological polar surface area (TPSA) is 55.2 Å². The van der Waals surface area contributed by atoms with E-state index in [1.807, 2.05) is 20.8 Å². The predicted molar refractivity (Wildman–Crippen MR) is 39.0 cm³/mol. The Morgan fingerprint density at radius 2 is 2.00 bits per heavy atom. The van der Waals surface area contributed by atoms with E-state index in [0.29, 0.717) is 0 Å². The third-order valence-corrected chi connectivity index (χ3v) is 0.713. The molecule has 0 aliphatic carbocycles. The van der Waals surface area contributed by atoms with Crippen LogP contribution in [0.4, 0.5) is 0 Å². The molecule has 0 aromatic rings. The van der Waals surface area contributed by atoms with Crippen LogP contribution in [-0.4, -0.2) is 10.5 Å². The van der Waals surface area contributed by atoms with Crippen molar-refractivity contribution in [3.63, 3.8) is 0 Å². The van der Waals surface area contributed by atoms with Gasteiger partial charge in [-0.25, -0.2) is 0 Å². The van der Waals surface area contributed by atoms with Gasteiger partial charge < -0.3 is 5.32 Å². The Labute approximate surface area is 60.1 Å². The molecule has 0 aliphatic rings. The molecule has 0 spiro atoms. The quantitative estimate of drug-likeness (QED) is 0.466. The molecule has 0 fully saturated rings. The largest absolute Gasteiger partial charge is 0.381 e. The van der Waals surface area contributed by atoms with Crippen LogP contribution in [0.1, 0.15) is 20.8 Å². The van der Waals surface area contributed by atoms with E-state index in [0.717, 1.165) is 6.20 Å². The molecular weight excluding hydrogens is 132 g/mol. The smallest absolute Gasteiger partial charge is 0.249 e. The first-order valence-corrected chi connectivity index (χ1v) is 3.00. The third kappa shape index (κ3) is 6.94. The summed E-state index contributed by atoms with van der Waals surface area (Å²) >= 11 is 0. The van der Waals surface area contributed by atoms with Crippen molar-refractivity contribution in [3.8, 4) is 0 Å². The third-order valence-electron chi connectivity index (χ3n) is 0.713. The number of nitrogens with zero attached hydrogens (tertiary/aromatic N) is 1. The molecule has 0 atom stereocenters. The van der Waals surface area contributed by atoms with Crippen LogP contribution >= 0.6 is 0 Å². The van der Waals surface area contributed by atoms with Gasteiger partial charge in [0.1, 0.15) is 0 Å². The molecule has 0 heterocycles. The van der Waals surface area contributed by atoms with E-state index in [1.54, 1.807) is 0 Å². The van der Waals surface area contributed by atoms with E-state index in [-0.39, 0.29) is 5.54 Å². The van der Waals surface area contributed by atoms with Crippen LogP contribution in [0.3, 0.4) is 0 Å². The maximum absolute atomic E-state index is 9.76. The van der Waals surface area contributed by atoms with Crippen molar-refractivity contribution in [1.29, 1.82) is 0 Å². The van der Waals surface area contributed by atoms with Crippen LogP contribution in [0, 0.1) is 10.1 Å². The summed E-state index contributed by atoms with van der Waals surface area (Å²) in [5.74, 6) is 0. The highest BCUT2D eigenvalue weighted by Crippen LogP contribution is 1.96. The maximum Gasteiger partial charge on any atom is 0.249 e. The van der Waals surface area contributed by atoms with Gasteiger partial charge in [0.2, 0.25) is 6.20 Å². The molecular formula is C6H12N2O2. The maximum atomic E-state index is 9.76. The molecule has 0 unspecified atom stereocenters.